The van der Waals surface area contributed by atoms with Crippen molar-refractivity contribution in [2.45, 2.75) is 57.6 Å². The minimum absolute atomic E-state index is 0.0301. The number of oxime groups is 1. The van der Waals surface area contributed by atoms with E-state index in [1.807, 2.05) is 22.4 Å². The molecule has 0 bridgehead atoms. The predicted octanol–water partition coefficient (Wildman–Crippen LogP) is 5.56. The van der Waals surface area contributed by atoms with Gasteiger partial charge in [0.05, 0.1) is 22.0 Å². The zero-order valence-electron chi connectivity index (χ0n) is 21.7. The summed E-state index contributed by atoms with van der Waals surface area (Å²) in [6, 6.07) is 7.66. The van der Waals surface area contributed by atoms with Gasteiger partial charge in [0.25, 0.3) is 0 Å². The Labute approximate surface area is 228 Å². The molecule has 0 aliphatic carbocycles. The lowest BCUT2D eigenvalue weighted by molar-refractivity contribution is -0.133. The highest BCUT2D eigenvalue weighted by Gasteiger charge is 2.31. The summed E-state index contributed by atoms with van der Waals surface area (Å²) in [4.78, 5) is 29.6. The number of carbonyl (C=O) groups excluding carboxylic acids is 1. The van der Waals surface area contributed by atoms with E-state index in [0.717, 1.165) is 34.6 Å². The Morgan fingerprint density at radius 3 is 2.67 bits per heavy atom. The molecule has 8 nitrogen and oxygen atoms in total. The van der Waals surface area contributed by atoms with E-state index >= 15 is 0 Å². The molecule has 4 aromatic rings. The third kappa shape index (κ3) is 4.91. The van der Waals surface area contributed by atoms with Gasteiger partial charge in [-0.3, -0.25) is 4.79 Å². The van der Waals surface area contributed by atoms with Crippen molar-refractivity contribution in [3.05, 3.63) is 75.5 Å². The highest BCUT2D eigenvalue weighted by atomic mass is 32.1. The van der Waals surface area contributed by atoms with Gasteiger partial charge < -0.3 is 9.74 Å². The maximum Gasteiger partial charge on any atom is 0.244 e. The third-order valence-corrected chi connectivity index (χ3v) is 8.38. The molecule has 3 aromatic heterocycles. The quantitative estimate of drug-likeness (QED) is 0.314. The fraction of sp³-hybridized carbons (Fsp3) is 0.393. The number of carbonyl (C=O) groups is 1. The number of fused-ring (bicyclic) bond motifs is 1. The van der Waals surface area contributed by atoms with Crippen molar-refractivity contribution < 1.29 is 18.4 Å². The largest absolute Gasteiger partial charge is 0.387 e. The van der Waals surface area contributed by atoms with Crippen molar-refractivity contribution in [3.8, 4) is 0 Å². The maximum atomic E-state index is 14.2. The Balaban J connectivity index is 1.07. The molecule has 0 spiro atoms. The van der Waals surface area contributed by atoms with Crippen molar-refractivity contribution >= 4 is 34.0 Å². The molecule has 1 saturated heterocycles. The SMILES string of the molecule is CC(C)c1nn(CC(=O)N2CCC(c3nc(C4=NOC(c5c(F)cccc5F)C4)cs3)CC2)c2ncccc12. The van der Waals surface area contributed by atoms with Crippen molar-refractivity contribution in [1.82, 2.24) is 24.6 Å². The van der Waals surface area contributed by atoms with Crippen LogP contribution in [0.25, 0.3) is 11.0 Å². The predicted molar refractivity (Wildman–Crippen MR) is 144 cm³/mol. The minimum atomic E-state index is -0.806. The number of halogens is 2. The first-order chi connectivity index (χ1) is 18.9. The van der Waals surface area contributed by atoms with E-state index in [0.29, 0.717) is 24.5 Å². The van der Waals surface area contributed by atoms with E-state index in [-0.39, 0.29) is 36.3 Å². The van der Waals surface area contributed by atoms with Gasteiger partial charge in [0, 0.05) is 42.4 Å². The van der Waals surface area contributed by atoms with E-state index in [1.165, 1.54) is 18.2 Å². The number of hydrogen-bond acceptors (Lipinski definition) is 7. The van der Waals surface area contributed by atoms with Crippen molar-refractivity contribution in [2.75, 3.05) is 13.1 Å². The summed E-state index contributed by atoms with van der Waals surface area (Å²) < 4.78 is 30.1. The number of aromatic nitrogens is 4. The van der Waals surface area contributed by atoms with Crippen molar-refractivity contribution in [1.29, 1.82) is 0 Å². The lowest BCUT2D eigenvalue weighted by Gasteiger charge is -2.31. The number of rotatable bonds is 6. The van der Waals surface area contributed by atoms with E-state index in [2.05, 4.69) is 24.0 Å². The van der Waals surface area contributed by atoms with E-state index < -0.39 is 17.7 Å². The molecular formula is C28H28F2N6O2S. The van der Waals surface area contributed by atoms with Crippen LogP contribution in [-0.2, 0) is 16.2 Å². The summed E-state index contributed by atoms with van der Waals surface area (Å²) in [6.07, 6.45) is 2.79. The first-order valence-electron chi connectivity index (χ1n) is 13.1. The normalized spacial score (nSPS) is 18.1. The Morgan fingerprint density at radius 2 is 1.92 bits per heavy atom. The van der Waals surface area contributed by atoms with Crippen molar-refractivity contribution in [2.24, 2.45) is 5.16 Å². The van der Waals surface area contributed by atoms with Crippen LogP contribution in [0, 0.1) is 11.6 Å². The minimum Gasteiger partial charge on any atom is -0.387 e. The van der Waals surface area contributed by atoms with Crippen LogP contribution in [0.4, 0.5) is 8.78 Å². The van der Waals surface area contributed by atoms with Gasteiger partial charge in [0.2, 0.25) is 5.91 Å². The van der Waals surface area contributed by atoms with Gasteiger partial charge in [0.15, 0.2) is 11.8 Å². The molecule has 0 N–H and O–H groups in total. The van der Waals surface area contributed by atoms with E-state index in [1.54, 1.807) is 22.2 Å². The fourth-order valence-corrected chi connectivity index (χ4v) is 6.28. The van der Waals surface area contributed by atoms with Crippen LogP contribution in [0.15, 0.2) is 47.1 Å². The number of likely N-dealkylation sites (tertiary alicyclic amines) is 1. The van der Waals surface area contributed by atoms with Gasteiger partial charge in [-0.2, -0.15) is 5.10 Å². The number of pyridine rings is 1. The number of hydrogen-bond donors (Lipinski definition) is 0. The molecule has 1 aromatic carbocycles. The number of benzene rings is 1. The molecule has 1 amide bonds. The Kier molecular flexibility index (Phi) is 6.84. The van der Waals surface area contributed by atoms with E-state index in [4.69, 9.17) is 14.9 Å². The van der Waals surface area contributed by atoms with Gasteiger partial charge in [-0.05, 0) is 43.0 Å². The second-order valence-electron chi connectivity index (χ2n) is 10.3. The molecule has 2 aliphatic rings. The number of thiazole rings is 1. The molecule has 39 heavy (non-hydrogen) atoms. The molecular weight excluding hydrogens is 522 g/mol. The first-order valence-corrected chi connectivity index (χ1v) is 14.0. The Hall–Kier alpha value is -3.73. The maximum absolute atomic E-state index is 14.2. The van der Waals surface area contributed by atoms with Crippen LogP contribution in [0.5, 0.6) is 0 Å². The van der Waals surface area contributed by atoms with Gasteiger partial charge >= 0.3 is 0 Å². The van der Waals surface area contributed by atoms with E-state index in [9.17, 15) is 13.6 Å². The summed E-state index contributed by atoms with van der Waals surface area (Å²) in [5, 5.41) is 12.6. The molecule has 0 radical (unpaired) electrons. The molecule has 11 heteroatoms. The van der Waals surface area contributed by atoms with Crippen molar-refractivity contribution in [3.63, 3.8) is 0 Å². The number of nitrogens with zero attached hydrogens (tertiary/aromatic N) is 6. The topological polar surface area (TPSA) is 85.5 Å². The Bertz CT molecular complexity index is 1540. The van der Waals surface area contributed by atoms with Crippen LogP contribution >= 0.6 is 11.3 Å². The molecule has 5 heterocycles. The molecule has 6 rings (SSSR count). The van der Waals surface area contributed by atoms with Crippen LogP contribution in [-0.4, -0.2) is 49.4 Å². The second-order valence-corrected chi connectivity index (χ2v) is 11.2. The average molecular weight is 551 g/mol. The van der Waals surface area contributed by atoms with Gasteiger partial charge in [-0.25, -0.2) is 23.4 Å². The molecule has 1 unspecified atom stereocenters. The summed E-state index contributed by atoms with van der Waals surface area (Å²) in [6.45, 7) is 5.62. The van der Waals surface area contributed by atoms with Crippen LogP contribution in [0.3, 0.4) is 0 Å². The summed E-state index contributed by atoms with van der Waals surface area (Å²) in [7, 11) is 0. The molecule has 1 atom stereocenters. The second kappa shape index (κ2) is 10.4. The van der Waals surface area contributed by atoms with Crippen LogP contribution in [0.1, 0.15) is 73.0 Å². The zero-order valence-corrected chi connectivity index (χ0v) is 22.5. The average Bonchev–Trinajstić information content (AvgIpc) is 3.68. The molecule has 2 aliphatic heterocycles. The number of piperidine rings is 1. The lowest BCUT2D eigenvalue weighted by Crippen LogP contribution is -2.40. The van der Waals surface area contributed by atoms with Gasteiger partial charge in [-0.1, -0.05) is 25.1 Å². The van der Waals surface area contributed by atoms with Gasteiger partial charge in [-0.15, -0.1) is 11.3 Å². The fourth-order valence-electron chi connectivity index (χ4n) is 5.28. The third-order valence-electron chi connectivity index (χ3n) is 7.37. The smallest absolute Gasteiger partial charge is 0.244 e. The van der Waals surface area contributed by atoms with Gasteiger partial charge in [0.1, 0.15) is 23.9 Å². The summed E-state index contributed by atoms with van der Waals surface area (Å²) in [5.74, 6) is -0.790. The Morgan fingerprint density at radius 1 is 1.15 bits per heavy atom. The van der Waals surface area contributed by atoms with Crippen LogP contribution in [0.2, 0.25) is 0 Å². The highest BCUT2D eigenvalue weighted by Crippen LogP contribution is 2.35. The summed E-state index contributed by atoms with van der Waals surface area (Å²) in [5.41, 5.74) is 2.83. The molecule has 0 saturated carbocycles. The summed E-state index contributed by atoms with van der Waals surface area (Å²) >= 11 is 1.54. The zero-order chi connectivity index (χ0) is 27.1. The highest BCUT2D eigenvalue weighted by molar-refractivity contribution is 7.10. The number of amides is 1. The molecule has 1 fully saturated rings. The lowest BCUT2D eigenvalue weighted by atomic mass is 9.97. The first kappa shape index (κ1) is 25.5. The molecule has 202 valence electrons. The standard InChI is InChI=1S/C28H28F2N6O2S/c1-16(2)26-18-5-4-10-31-27(18)36(33-26)14-24(37)35-11-8-17(9-12-35)28-32-22(15-39-28)21-13-23(38-34-21)25-19(29)6-3-7-20(25)30/h3-7,10,15-17,23H,8-9,11-14H2,1-2H3. The van der Waals surface area contributed by atoms with Crippen LogP contribution < -0.4 is 0 Å². The monoisotopic (exact) mass is 550 g/mol.